The second kappa shape index (κ2) is 5.61. The van der Waals surface area contributed by atoms with Crippen LogP contribution < -0.4 is 15.4 Å². The molecule has 0 amide bonds. The summed E-state index contributed by atoms with van der Waals surface area (Å²) in [4.78, 5) is 2.03. The summed E-state index contributed by atoms with van der Waals surface area (Å²) in [5, 5.41) is 0. The Hall–Kier alpha value is -2.23. The Bertz CT molecular complexity index is 555. The molecule has 0 atom stereocenters. The number of nitrogen functional groups attached to an aromatic ring is 1. The standard InChI is InChI=1S/C15H17FN2O/c1-18(12-4-6-13(19-2)7-5-12)10-11-3-8-15(17)14(16)9-11/h3-9H,10,17H2,1-2H3. The van der Waals surface area contributed by atoms with Gasteiger partial charge < -0.3 is 15.4 Å². The zero-order chi connectivity index (χ0) is 13.8. The molecule has 0 saturated carbocycles. The molecule has 2 aromatic carbocycles. The van der Waals surface area contributed by atoms with E-state index in [0.29, 0.717) is 6.54 Å². The molecule has 0 unspecified atom stereocenters. The monoisotopic (exact) mass is 260 g/mol. The summed E-state index contributed by atoms with van der Waals surface area (Å²) < 4.78 is 18.5. The van der Waals surface area contributed by atoms with E-state index in [2.05, 4.69) is 0 Å². The fourth-order valence-corrected chi connectivity index (χ4v) is 1.87. The van der Waals surface area contributed by atoms with Crippen LogP contribution in [0.25, 0.3) is 0 Å². The highest BCUT2D eigenvalue weighted by Crippen LogP contribution is 2.20. The van der Waals surface area contributed by atoms with Gasteiger partial charge in [0.25, 0.3) is 0 Å². The minimum atomic E-state index is -0.374. The molecule has 0 radical (unpaired) electrons. The number of hydrogen-bond acceptors (Lipinski definition) is 3. The van der Waals surface area contributed by atoms with E-state index in [4.69, 9.17) is 10.5 Å². The lowest BCUT2D eigenvalue weighted by Crippen LogP contribution is -2.16. The number of nitrogens with two attached hydrogens (primary N) is 1. The predicted octanol–water partition coefficient (Wildman–Crippen LogP) is 3.05. The Kier molecular flexibility index (Phi) is 3.90. The van der Waals surface area contributed by atoms with Crippen molar-refractivity contribution < 1.29 is 9.13 Å². The average molecular weight is 260 g/mol. The van der Waals surface area contributed by atoms with Crippen LogP contribution in [0.5, 0.6) is 5.75 Å². The number of benzene rings is 2. The maximum Gasteiger partial charge on any atom is 0.146 e. The van der Waals surface area contributed by atoms with Gasteiger partial charge in [-0.2, -0.15) is 0 Å². The zero-order valence-corrected chi connectivity index (χ0v) is 11.1. The Labute approximate surface area is 112 Å². The lowest BCUT2D eigenvalue weighted by molar-refractivity contribution is 0.415. The van der Waals surface area contributed by atoms with Gasteiger partial charge in [0.15, 0.2) is 0 Å². The summed E-state index contributed by atoms with van der Waals surface area (Å²) in [6.07, 6.45) is 0. The third-order valence-corrected chi connectivity index (χ3v) is 3.00. The summed E-state index contributed by atoms with van der Waals surface area (Å²) in [5.74, 6) is 0.441. The zero-order valence-electron chi connectivity index (χ0n) is 11.1. The first-order valence-corrected chi connectivity index (χ1v) is 5.99. The van der Waals surface area contributed by atoms with Crippen molar-refractivity contribution in [1.82, 2.24) is 0 Å². The number of nitrogens with zero attached hydrogens (tertiary/aromatic N) is 1. The number of halogens is 1. The van der Waals surface area contributed by atoms with Gasteiger partial charge in [0.1, 0.15) is 11.6 Å². The van der Waals surface area contributed by atoms with Gasteiger partial charge in [0, 0.05) is 19.3 Å². The van der Waals surface area contributed by atoms with Crippen LogP contribution in [0, 0.1) is 5.82 Å². The molecule has 0 saturated heterocycles. The van der Waals surface area contributed by atoms with E-state index < -0.39 is 0 Å². The molecular formula is C15H17FN2O. The van der Waals surface area contributed by atoms with Crippen molar-refractivity contribution in [3.05, 3.63) is 53.8 Å². The Balaban J connectivity index is 2.10. The third kappa shape index (κ3) is 3.16. The van der Waals surface area contributed by atoms with E-state index in [9.17, 15) is 4.39 Å². The van der Waals surface area contributed by atoms with Crippen LogP contribution in [-0.2, 0) is 6.54 Å². The minimum Gasteiger partial charge on any atom is -0.497 e. The highest BCUT2D eigenvalue weighted by molar-refractivity contribution is 5.49. The molecule has 4 heteroatoms. The third-order valence-electron chi connectivity index (χ3n) is 3.00. The number of ether oxygens (including phenoxy) is 1. The number of rotatable bonds is 4. The fraction of sp³-hybridized carbons (Fsp3) is 0.200. The van der Waals surface area contributed by atoms with Gasteiger partial charge in [0.05, 0.1) is 12.8 Å². The van der Waals surface area contributed by atoms with E-state index >= 15 is 0 Å². The van der Waals surface area contributed by atoms with Crippen LogP contribution in [-0.4, -0.2) is 14.2 Å². The Morgan fingerprint density at radius 2 is 1.84 bits per heavy atom. The Morgan fingerprint density at radius 3 is 2.42 bits per heavy atom. The topological polar surface area (TPSA) is 38.5 Å². The number of anilines is 2. The van der Waals surface area contributed by atoms with E-state index in [1.54, 1.807) is 13.2 Å². The van der Waals surface area contributed by atoms with Crippen molar-refractivity contribution in [3.63, 3.8) is 0 Å². The molecule has 0 heterocycles. The van der Waals surface area contributed by atoms with Gasteiger partial charge >= 0.3 is 0 Å². The van der Waals surface area contributed by atoms with Crippen LogP contribution in [0.1, 0.15) is 5.56 Å². The van der Waals surface area contributed by atoms with Crippen molar-refractivity contribution in [3.8, 4) is 5.75 Å². The molecule has 2 rings (SSSR count). The molecule has 0 spiro atoms. The van der Waals surface area contributed by atoms with Crippen molar-refractivity contribution in [2.24, 2.45) is 0 Å². The van der Waals surface area contributed by atoms with Crippen LogP contribution in [0.2, 0.25) is 0 Å². The summed E-state index contributed by atoms with van der Waals surface area (Å²) in [6, 6.07) is 12.6. The second-order valence-corrected chi connectivity index (χ2v) is 4.41. The van der Waals surface area contributed by atoms with Gasteiger partial charge in [-0.25, -0.2) is 4.39 Å². The minimum absolute atomic E-state index is 0.177. The maximum atomic E-state index is 13.4. The normalized spacial score (nSPS) is 10.3. The average Bonchev–Trinajstić information content (AvgIpc) is 2.43. The molecule has 0 aliphatic carbocycles. The summed E-state index contributed by atoms with van der Waals surface area (Å²) >= 11 is 0. The molecule has 3 nitrogen and oxygen atoms in total. The van der Waals surface area contributed by atoms with E-state index in [1.165, 1.54) is 6.07 Å². The molecule has 2 aromatic rings. The first-order chi connectivity index (χ1) is 9.10. The second-order valence-electron chi connectivity index (χ2n) is 4.41. The highest BCUT2D eigenvalue weighted by atomic mass is 19.1. The molecule has 0 bridgehead atoms. The van der Waals surface area contributed by atoms with Gasteiger partial charge in [-0.1, -0.05) is 6.07 Å². The first kappa shape index (κ1) is 13.2. The van der Waals surface area contributed by atoms with Gasteiger partial charge in [-0.3, -0.25) is 0 Å². The summed E-state index contributed by atoms with van der Waals surface area (Å²) in [7, 11) is 3.59. The van der Waals surface area contributed by atoms with E-state index in [-0.39, 0.29) is 11.5 Å². The summed E-state index contributed by atoms with van der Waals surface area (Å²) in [5.41, 5.74) is 7.56. The molecule has 100 valence electrons. The van der Waals surface area contributed by atoms with Gasteiger partial charge in [-0.05, 0) is 42.0 Å². The molecule has 0 aromatic heterocycles. The maximum absolute atomic E-state index is 13.4. The summed E-state index contributed by atoms with van der Waals surface area (Å²) in [6.45, 7) is 0.615. The molecule has 0 aliphatic rings. The van der Waals surface area contributed by atoms with E-state index in [0.717, 1.165) is 17.0 Å². The smallest absolute Gasteiger partial charge is 0.146 e. The van der Waals surface area contributed by atoms with Crippen molar-refractivity contribution in [2.75, 3.05) is 24.8 Å². The Morgan fingerprint density at radius 1 is 1.16 bits per heavy atom. The highest BCUT2D eigenvalue weighted by Gasteiger charge is 2.05. The van der Waals surface area contributed by atoms with Crippen LogP contribution >= 0.6 is 0 Å². The molecule has 0 fully saturated rings. The fourth-order valence-electron chi connectivity index (χ4n) is 1.87. The van der Waals surface area contributed by atoms with Crippen molar-refractivity contribution in [2.45, 2.75) is 6.54 Å². The lowest BCUT2D eigenvalue weighted by Gasteiger charge is -2.19. The van der Waals surface area contributed by atoms with Crippen LogP contribution in [0.4, 0.5) is 15.8 Å². The number of hydrogen-bond donors (Lipinski definition) is 1. The molecule has 19 heavy (non-hydrogen) atoms. The van der Waals surface area contributed by atoms with E-state index in [1.807, 2.05) is 42.3 Å². The van der Waals surface area contributed by atoms with Crippen LogP contribution in [0.3, 0.4) is 0 Å². The largest absolute Gasteiger partial charge is 0.497 e. The van der Waals surface area contributed by atoms with Crippen molar-refractivity contribution >= 4 is 11.4 Å². The van der Waals surface area contributed by atoms with Gasteiger partial charge in [-0.15, -0.1) is 0 Å². The molecular weight excluding hydrogens is 243 g/mol. The quantitative estimate of drug-likeness (QED) is 0.859. The van der Waals surface area contributed by atoms with Crippen molar-refractivity contribution in [1.29, 1.82) is 0 Å². The molecule has 2 N–H and O–H groups in total. The first-order valence-electron chi connectivity index (χ1n) is 5.99. The molecule has 0 aliphatic heterocycles. The number of methoxy groups -OCH3 is 1. The van der Waals surface area contributed by atoms with Crippen LogP contribution in [0.15, 0.2) is 42.5 Å². The van der Waals surface area contributed by atoms with Gasteiger partial charge in [0.2, 0.25) is 0 Å². The lowest BCUT2D eigenvalue weighted by atomic mass is 10.2. The SMILES string of the molecule is COc1ccc(N(C)Cc2ccc(N)c(F)c2)cc1. The predicted molar refractivity (Wildman–Crippen MR) is 75.9 cm³/mol.